The molecule has 1 N–H and O–H groups in total. The molecule has 0 amide bonds. The van der Waals surface area contributed by atoms with Crippen LogP contribution in [0.25, 0.3) is 21.6 Å². The second-order valence-electron chi connectivity index (χ2n) is 4.08. The van der Waals surface area contributed by atoms with E-state index in [4.69, 9.17) is 0 Å². The first kappa shape index (κ1) is 12.5. The lowest BCUT2D eigenvalue weighted by atomic mass is 10.0. The first-order chi connectivity index (χ1) is 9.65. The lowest BCUT2D eigenvalue weighted by molar-refractivity contribution is -0.384. The van der Waals surface area contributed by atoms with E-state index in [1.54, 1.807) is 30.6 Å². The van der Waals surface area contributed by atoms with Gasteiger partial charge in [0.2, 0.25) is 0 Å². The van der Waals surface area contributed by atoms with Crippen LogP contribution in [0.4, 0.5) is 10.1 Å². The minimum Gasteiger partial charge on any atom is -0.285 e. The van der Waals surface area contributed by atoms with Crippen molar-refractivity contribution in [2.75, 3.05) is 0 Å². The number of halogens is 1. The molecule has 0 radical (unpaired) electrons. The van der Waals surface area contributed by atoms with Crippen LogP contribution in [-0.2, 0) is 0 Å². The van der Waals surface area contributed by atoms with Crippen molar-refractivity contribution in [3.05, 3.63) is 58.0 Å². The Morgan fingerprint density at radius 1 is 1.25 bits per heavy atom. The first-order valence-corrected chi connectivity index (χ1v) is 6.50. The van der Waals surface area contributed by atoms with Crippen molar-refractivity contribution in [2.24, 2.45) is 0 Å². The summed E-state index contributed by atoms with van der Waals surface area (Å²) in [5.74, 6) is 0. The predicted molar refractivity (Wildman–Crippen MR) is 73.9 cm³/mol. The molecule has 2 heterocycles. The highest BCUT2D eigenvalue weighted by atomic mass is 32.1. The highest BCUT2D eigenvalue weighted by Gasteiger charge is 2.18. The van der Waals surface area contributed by atoms with E-state index in [2.05, 4.69) is 10.2 Å². The minimum absolute atomic E-state index is 0.0504. The Balaban J connectivity index is 2.14. The zero-order valence-electron chi connectivity index (χ0n) is 10.0. The molecule has 0 aliphatic rings. The van der Waals surface area contributed by atoms with Crippen LogP contribution in [0.15, 0.2) is 42.7 Å². The van der Waals surface area contributed by atoms with Crippen LogP contribution in [0.3, 0.4) is 0 Å². The van der Waals surface area contributed by atoms with Crippen molar-refractivity contribution in [2.45, 2.75) is 0 Å². The monoisotopic (exact) mass is 289 g/mol. The Morgan fingerprint density at radius 2 is 2.10 bits per heavy atom. The van der Waals surface area contributed by atoms with Crippen molar-refractivity contribution in [3.63, 3.8) is 0 Å². The van der Waals surface area contributed by atoms with Crippen LogP contribution in [0.1, 0.15) is 0 Å². The van der Waals surface area contributed by atoms with Crippen LogP contribution < -0.4 is 0 Å². The van der Waals surface area contributed by atoms with Gasteiger partial charge in [0.25, 0.3) is 5.69 Å². The van der Waals surface area contributed by atoms with E-state index in [0.717, 1.165) is 16.9 Å². The van der Waals surface area contributed by atoms with Crippen LogP contribution in [0.5, 0.6) is 0 Å². The molecular weight excluding hydrogens is 281 g/mol. The zero-order chi connectivity index (χ0) is 14.1. The number of nitrogens with one attached hydrogen (secondary N) is 1. The van der Waals surface area contributed by atoms with Gasteiger partial charge in [-0.2, -0.15) is 9.49 Å². The number of aromatic nitrogens is 2. The number of H-pyrrole nitrogens is 1. The summed E-state index contributed by atoms with van der Waals surface area (Å²) >= 11 is 0.886. The fourth-order valence-electron chi connectivity index (χ4n) is 1.94. The second-order valence-corrected chi connectivity index (χ2v) is 5.11. The Morgan fingerprint density at radius 3 is 2.70 bits per heavy atom. The first-order valence-electron chi connectivity index (χ1n) is 5.68. The Hall–Kier alpha value is -2.54. The van der Waals surface area contributed by atoms with Crippen molar-refractivity contribution < 1.29 is 9.31 Å². The normalized spacial score (nSPS) is 10.7. The van der Waals surface area contributed by atoms with Crippen molar-refractivity contribution in [3.8, 4) is 21.6 Å². The molecule has 0 spiro atoms. The fourth-order valence-corrected chi connectivity index (χ4v) is 2.70. The van der Waals surface area contributed by atoms with Crippen LogP contribution in [0.2, 0.25) is 0 Å². The minimum atomic E-state index is -0.462. The number of nitro benzene ring substituents is 1. The summed E-state index contributed by atoms with van der Waals surface area (Å²) in [6, 6.07) is 7.70. The lowest BCUT2D eigenvalue weighted by Crippen LogP contribution is -1.91. The highest BCUT2D eigenvalue weighted by Crippen LogP contribution is 2.36. The third-order valence-electron chi connectivity index (χ3n) is 2.86. The third kappa shape index (κ3) is 2.19. The fraction of sp³-hybridized carbons (Fsp3) is 0. The maximum Gasteiger partial charge on any atom is 0.278 e. The standard InChI is InChI=1S/C13H8FN3O2S/c14-13-4-3-12(20-13)10-2-1-8(5-11(10)17(18)19)9-6-15-16-7-9/h1-7H,(H,15,16). The molecule has 0 aliphatic carbocycles. The SMILES string of the molecule is O=[N+]([O-])c1cc(-c2cn[nH]c2)ccc1-c1ccc(F)s1. The average Bonchev–Trinajstić information content (AvgIpc) is 3.09. The number of aromatic amines is 1. The lowest BCUT2D eigenvalue weighted by Gasteiger charge is -2.03. The van der Waals surface area contributed by atoms with Gasteiger partial charge in [-0.25, -0.2) is 0 Å². The van der Waals surface area contributed by atoms with Crippen molar-refractivity contribution >= 4 is 17.0 Å². The molecule has 0 unspecified atom stereocenters. The number of thiophene rings is 1. The Labute approximate surface area is 116 Å². The van der Waals surface area contributed by atoms with E-state index >= 15 is 0 Å². The van der Waals surface area contributed by atoms with Gasteiger partial charge in [0.1, 0.15) is 0 Å². The molecule has 1 aromatic carbocycles. The summed E-state index contributed by atoms with van der Waals surface area (Å²) in [6.45, 7) is 0. The maximum atomic E-state index is 13.1. The average molecular weight is 289 g/mol. The molecule has 2 aromatic heterocycles. The van der Waals surface area contributed by atoms with E-state index in [-0.39, 0.29) is 10.8 Å². The second kappa shape index (κ2) is 4.86. The molecule has 5 nitrogen and oxygen atoms in total. The smallest absolute Gasteiger partial charge is 0.278 e. The highest BCUT2D eigenvalue weighted by molar-refractivity contribution is 7.13. The van der Waals surface area contributed by atoms with Gasteiger partial charge < -0.3 is 0 Å². The van der Waals surface area contributed by atoms with Gasteiger partial charge in [0.05, 0.1) is 16.7 Å². The third-order valence-corrected chi connectivity index (χ3v) is 3.77. The summed E-state index contributed by atoms with van der Waals surface area (Å²) in [5.41, 5.74) is 1.81. The molecule has 0 aliphatic heterocycles. The molecule has 100 valence electrons. The summed E-state index contributed by atoms with van der Waals surface area (Å²) < 4.78 is 13.1. The van der Waals surface area contributed by atoms with Crippen molar-refractivity contribution in [1.82, 2.24) is 10.2 Å². The number of nitro groups is 1. The molecule has 20 heavy (non-hydrogen) atoms. The molecular formula is C13H8FN3O2S. The van der Waals surface area contributed by atoms with E-state index in [9.17, 15) is 14.5 Å². The number of hydrogen-bond acceptors (Lipinski definition) is 4. The van der Waals surface area contributed by atoms with Gasteiger partial charge in [-0.3, -0.25) is 15.2 Å². The van der Waals surface area contributed by atoms with Gasteiger partial charge in [-0.05, 0) is 23.8 Å². The summed E-state index contributed by atoms with van der Waals surface area (Å²) in [4.78, 5) is 11.3. The molecule has 0 saturated heterocycles. The Bertz CT molecular complexity index is 768. The number of benzene rings is 1. The van der Waals surface area contributed by atoms with Gasteiger partial charge >= 0.3 is 0 Å². The van der Waals surface area contributed by atoms with E-state index < -0.39 is 4.92 Å². The van der Waals surface area contributed by atoms with Gasteiger partial charge in [-0.15, -0.1) is 11.3 Å². The zero-order valence-corrected chi connectivity index (χ0v) is 10.9. The quantitative estimate of drug-likeness (QED) is 0.588. The molecule has 7 heteroatoms. The number of rotatable bonds is 3. The summed E-state index contributed by atoms with van der Waals surface area (Å²) in [5, 5.41) is 17.3. The van der Waals surface area contributed by atoms with Crippen LogP contribution in [-0.4, -0.2) is 15.1 Å². The van der Waals surface area contributed by atoms with E-state index in [0.29, 0.717) is 16.0 Å². The molecule has 0 bridgehead atoms. The molecule has 0 saturated carbocycles. The molecule has 3 aromatic rings. The predicted octanol–water partition coefficient (Wildman–Crippen LogP) is 3.85. The molecule has 3 rings (SSSR count). The molecule has 0 atom stereocenters. The van der Waals surface area contributed by atoms with Gasteiger partial charge in [-0.1, -0.05) is 6.07 Å². The van der Waals surface area contributed by atoms with Crippen LogP contribution >= 0.6 is 11.3 Å². The molecule has 0 fully saturated rings. The number of hydrogen-bond donors (Lipinski definition) is 1. The summed E-state index contributed by atoms with van der Waals surface area (Å²) in [6.07, 6.45) is 3.24. The Kier molecular flexibility index (Phi) is 3.03. The maximum absolute atomic E-state index is 13.1. The summed E-state index contributed by atoms with van der Waals surface area (Å²) in [7, 11) is 0. The largest absolute Gasteiger partial charge is 0.285 e. The van der Waals surface area contributed by atoms with E-state index in [1.165, 1.54) is 12.1 Å². The van der Waals surface area contributed by atoms with Crippen LogP contribution in [0, 0.1) is 15.2 Å². The van der Waals surface area contributed by atoms with E-state index in [1.807, 2.05) is 0 Å². The number of nitrogens with zero attached hydrogens (tertiary/aromatic N) is 2. The topological polar surface area (TPSA) is 71.8 Å². The van der Waals surface area contributed by atoms with Gasteiger partial charge in [0.15, 0.2) is 5.13 Å². The van der Waals surface area contributed by atoms with Crippen molar-refractivity contribution in [1.29, 1.82) is 0 Å². The van der Waals surface area contributed by atoms with Gasteiger partial charge in [0, 0.05) is 22.7 Å².